The predicted molar refractivity (Wildman–Crippen MR) is 93.2 cm³/mol. The standard InChI is InChI=1S/C18H16F2N2O2S/c1-11(16-21-14-8-3-4-9-15(14)25-16)22(2)17(23)12-6-5-7-13(10-12)24-18(19)20/h3-11,18H,1-2H3/t11-/m0/s1. The third-order valence-electron chi connectivity index (χ3n) is 3.88. The number of fused-ring (bicyclic) bond motifs is 1. The van der Waals surface area contributed by atoms with Crippen molar-refractivity contribution < 1.29 is 18.3 Å². The lowest BCUT2D eigenvalue weighted by molar-refractivity contribution is -0.0499. The molecule has 0 bridgehead atoms. The van der Waals surface area contributed by atoms with E-state index in [4.69, 9.17) is 0 Å². The summed E-state index contributed by atoms with van der Waals surface area (Å²) < 4.78 is 30.1. The molecule has 7 heteroatoms. The first-order valence-electron chi connectivity index (χ1n) is 7.63. The first-order chi connectivity index (χ1) is 12.0. The van der Waals surface area contributed by atoms with Gasteiger partial charge in [-0.25, -0.2) is 4.98 Å². The van der Waals surface area contributed by atoms with Crippen molar-refractivity contribution in [2.75, 3.05) is 7.05 Å². The summed E-state index contributed by atoms with van der Waals surface area (Å²) in [6, 6.07) is 13.3. The molecule has 0 saturated heterocycles. The SMILES string of the molecule is C[C@@H](c1nc2ccccc2s1)N(C)C(=O)c1cccc(OC(F)F)c1. The lowest BCUT2D eigenvalue weighted by atomic mass is 10.1. The molecule has 0 aliphatic heterocycles. The zero-order chi connectivity index (χ0) is 18.0. The minimum absolute atomic E-state index is 0.0399. The van der Waals surface area contributed by atoms with Crippen molar-refractivity contribution >= 4 is 27.5 Å². The second-order valence-corrected chi connectivity index (χ2v) is 6.58. The van der Waals surface area contributed by atoms with Crippen LogP contribution in [0.3, 0.4) is 0 Å². The molecule has 130 valence electrons. The van der Waals surface area contributed by atoms with Crippen LogP contribution in [0.4, 0.5) is 8.78 Å². The van der Waals surface area contributed by atoms with Gasteiger partial charge >= 0.3 is 6.61 Å². The predicted octanol–water partition coefficient (Wildman–Crippen LogP) is 4.73. The van der Waals surface area contributed by atoms with Crippen LogP contribution in [0.2, 0.25) is 0 Å². The number of rotatable bonds is 5. The van der Waals surface area contributed by atoms with Crippen molar-refractivity contribution in [3.8, 4) is 5.75 Å². The molecule has 0 saturated carbocycles. The maximum Gasteiger partial charge on any atom is 0.387 e. The molecule has 1 atom stereocenters. The van der Waals surface area contributed by atoms with E-state index >= 15 is 0 Å². The number of amides is 1. The van der Waals surface area contributed by atoms with Gasteiger partial charge in [-0.1, -0.05) is 18.2 Å². The highest BCUT2D eigenvalue weighted by molar-refractivity contribution is 7.18. The number of ether oxygens (including phenoxy) is 1. The molecule has 2 aromatic carbocycles. The van der Waals surface area contributed by atoms with Crippen molar-refractivity contribution in [3.63, 3.8) is 0 Å². The van der Waals surface area contributed by atoms with Gasteiger partial charge in [0.25, 0.3) is 5.91 Å². The maximum atomic E-state index is 12.7. The summed E-state index contributed by atoms with van der Waals surface area (Å²) in [5, 5.41) is 0.817. The lowest BCUT2D eigenvalue weighted by Gasteiger charge is -2.23. The lowest BCUT2D eigenvalue weighted by Crippen LogP contribution is -2.29. The van der Waals surface area contributed by atoms with Gasteiger partial charge in [0, 0.05) is 12.6 Å². The number of aromatic nitrogens is 1. The normalized spacial score (nSPS) is 12.4. The van der Waals surface area contributed by atoms with E-state index in [1.807, 2.05) is 31.2 Å². The molecule has 3 rings (SSSR count). The molecule has 0 aliphatic carbocycles. The second kappa shape index (κ2) is 7.14. The summed E-state index contributed by atoms with van der Waals surface area (Å²) in [5.74, 6) is -0.326. The highest BCUT2D eigenvalue weighted by atomic mass is 32.1. The Labute approximate surface area is 147 Å². The molecule has 4 nitrogen and oxygen atoms in total. The van der Waals surface area contributed by atoms with Crippen molar-refractivity contribution in [1.29, 1.82) is 0 Å². The molecule has 3 aromatic rings. The number of nitrogens with zero attached hydrogens (tertiary/aromatic N) is 2. The first kappa shape index (κ1) is 17.3. The Hall–Kier alpha value is -2.54. The number of hydrogen-bond donors (Lipinski definition) is 0. The molecule has 0 fully saturated rings. The summed E-state index contributed by atoms with van der Waals surface area (Å²) in [5.41, 5.74) is 1.18. The van der Waals surface area contributed by atoms with Gasteiger partial charge in [0.05, 0.1) is 16.3 Å². The molecular formula is C18H16F2N2O2S. The van der Waals surface area contributed by atoms with Gasteiger partial charge in [-0.05, 0) is 37.3 Å². The molecular weight excluding hydrogens is 346 g/mol. The molecule has 1 heterocycles. The van der Waals surface area contributed by atoms with E-state index in [1.54, 1.807) is 18.0 Å². The molecule has 25 heavy (non-hydrogen) atoms. The monoisotopic (exact) mass is 362 g/mol. The minimum atomic E-state index is -2.93. The number of carbonyl (C=O) groups excluding carboxylic acids is 1. The smallest absolute Gasteiger partial charge is 0.387 e. The third-order valence-corrected chi connectivity index (χ3v) is 5.08. The maximum absolute atomic E-state index is 12.7. The molecule has 0 radical (unpaired) electrons. The van der Waals surface area contributed by atoms with Gasteiger partial charge in [0.2, 0.25) is 0 Å². The van der Waals surface area contributed by atoms with Crippen LogP contribution in [0.5, 0.6) is 5.75 Å². The van der Waals surface area contributed by atoms with E-state index in [0.717, 1.165) is 15.2 Å². The summed E-state index contributed by atoms with van der Waals surface area (Å²) in [7, 11) is 1.67. The highest BCUT2D eigenvalue weighted by Crippen LogP contribution is 2.29. The number of benzene rings is 2. The van der Waals surface area contributed by atoms with E-state index in [1.165, 1.54) is 29.5 Å². The Morgan fingerprint density at radius 3 is 2.68 bits per heavy atom. The number of hydrogen-bond acceptors (Lipinski definition) is 4. The Kier molecular flexibility index (Phi) is 4.94. The number of thiazole rings is 1. The Morgan fingerprint density at radius 2 is 1.96 bits per heavy atom. The first-order valence-corrected chi connectivity index (χ1v) is 8.45. The van der Waals surface area contributed by atoms with Crippen molar-refractivity contribution in [1.82, 2.24) is 9.88 Å². The fraction of sp³-hybridized carbons (Fsp3) is 0.222. The van der Waals surface area contributed by atoms with E-state index < -0.39 is 6.61 Å². The zero-order valence-electron chi connectivity index (χ0n) is 13.6. The van der Waals surface area contributed by atoms with E-state index in [9.17, 15) is 13.6 Å². The molecule has 0 N–H and O–H groups in total. The quantitative estimate of drug-likeness (QED) is 0.659. The van der Waals surface area contributed by atoms with Crippen LogP contribution in [0.1, 0.15) is 28.3 Å². The summed E-state index contributed by atoms with van der Waals surface area (Å²) in [6.07, 6.45) is 0. The van der Waals surface area contributed by atoms with E-state index in [-0.39, 0.29) is 23.3 Å². The second-order valence-electron chi connectivity index (χ2n) is 5.52. The fourth-order valence-corrected chi connectivity index (χ4v) is 3.48. The van der Waals surface area contributed by atoms with Crippen LogP contribution in [0, 0.1) is 0 Å². The van der Waals surface area contributed by atoms with Gasteiger partial charge in [0.1, 0.15) is 10.8 Å². The number of alkyl halides is 2. The Morgan fingerprint density at radius 1 is 1.20 bits per heavy atom. The minimum Gasteiger partial charge on any atom is -0.435 e. The van der Waals surface area contributed by atoms with E-state index in [2.05, 4.69) is 9.72 Å². The van der Waals surface area contributed by atoms with Crippen molar-refractivity contribution in [2.24, 2.45) is 0 Å². The highest BCUT2D eigenvalue weighted by Gasteiger charge is 2.22. The summed E-state index contributed by atoms with van der Waals surface area (Å²) in [6.45, 7) is -1.04. The molecule has 0 unspecified atom stereocenters. The van der Waals surface area contributed by atoms with Gasteiger partial charge in [-0.3, -0.25) is 4.79 Å². The Bertz CT molecular complexity index is 864. The van der Waals surface area contributed by atoms with Crippen LogP contribution in [-0.2, 0) is 0 Å². The number of para-hydroxylation sites is 1. The largest absolute Gasteiger partial charge is 0.435 e. The number of halogens is 2. The summed E-state index contributed by atoms with van der Waals surface area (Å²) >= 11 is 1.53. The van der Waals surface area contributed by atoms with Crippen LogP contribution in [0.15, 0.2) is 48.5 Å². The topological polar surface area (TPSA) is 42.4 Å². The summed E-state index contributed by atoms with van der Waals surface area (Å²) in [4.78, 5) is 18.8. The average molecular weight is 362 g/mol. The van der Waals surface area contributed by atoms with Gasteiger partial charge < -0.3 is 9.64 Å². The van der Waals surface area contributed by atoms with Gasteiger partial charge in [0.15, 0.2) is 0 Å². The van der Waals surface area contributed by atoms with Crippen LogP contribution in [-0.4, -0.2) is 29.5 Å². The Balaban J connectivity index is 1.81. The van der Waals surface area contributed by atoms with Crippen LogP contribution in [0.25, 0.3) is 10.2 Å². The average Bonchev–Trinajstić information content (AvgIpc) is 3.03. The zero-order valence-corrected chi connectivity index (χ0v) is 14.5. The van der Waals surface area contributed by atoms with Gasteiger partial charge in [-0.15, -0.1) is 11.3 Å². The fourth-order valence-electron chi connectivity index (χ4n) is 2.42. The van der Waals surface area contributed by atoms with Crippen molar-refractivity contribution in [3.05, 3.63) is 59.1 Å². The van der Waals surface area contributed by atoms with Gasteiger partial charge in [-0.2, -0.15) is 8.78 Å². The molecule has 0 aliphatic rings. The third kappa shape index (κ3) is 3.76. The van der Waals surface area contributed by atoms with Crippen molar-refractivity contribution in [2.45, 2.75) is 19.6 Å². The molecule has 0 spiro atoms. The van der Waals surface area contributed by atoms with E-state index in [0.29, 0.717) is 0 Å². The number of carbonyl (C=O) groups is 1. The van der Waals surface area contributed by atoms with Crippen LogP contribution >= 0.6 is 11.3 Å². The molecule has 1 amide bonds. The van der Waals surface area contributed by atoms with Crippen LogP contribution < -0.4 is 4.74 Å². The molecule has 1 aromatic heterocycles.